The lowest BCUT2D eigenvalue weighted by molar-refractivity contribution is -0.141. The molecule has 3 nitrogen and oxygen atoms in total. The summed E-state index contributed by atoms with van der Waals surface area (Å²) < 4.78 is 18.3. The predicted molar refractivity (Wildman–Crippen MR) is 71.7 cm³/mol. The molecule has 0 bridgehead atoms. The topological polar surface area (TPSA) is 29.5 Å². The molecule has 0 saturated carbocycles. The van der Waals surface area contributed by atoms with Gasteiger partial charge < -0.3 is 4.74 Å². The van der Waals surface area contributed by atoms with E-state index >= 15 is 0 Å². The van der Waals surface area contributed by atoms with E-state index in [1.807, 2.05) is 6.92 Å². The summed E-state index contributed by atoms with van der Waals surface area (Å²) in [6.07, 6.45) is 0.364. The minimum atomic E-state index is -0.261. The molecular formula is C13H17BrFNO2. The van der Waals surface area contributed by atoms with Gasteiger partial charge in [-0.2, -0.15) is 0 Å². The van der Waals surface area contributed by atoms with Crippen molar-refractivity contribution in [1.29, 1.82) is 0 Å². The summed E-state index contributed by atoms with van der Waals surface area (Å²) in [5.41, 5.74) is 1.00. The molecule has 0 aliphatic carbocycles. The summed E-state index contributed by atoms with van der Waals surface area (Å²) in [5.74, 6) is -0.477. The van der Waals surface area contributed by atoms with Crippen molar-refractivity contribution in [3.63, 3.8) is 0 Å². The average Bonchev–Trinajstić information content (AvgIpc) is 2.36. The third kappa shape index (κ3) is 4.74. The van der Waals surface area contributed by atoms with Gasteiger partial charge in [0, 0.05) is 17.6 Å². The van der Waals surface area contributed by atoms with Gasteiger partial charge in [0.25, 0.3) is 0 Å². The van der Waals surface area contributed by atoms with Crippen molar-refractivity contribution < 1.29 is 13.9 Å². The third-order valence-corrected chi connectivity index (χ3v) is 3.45. The zero-order chi connectivity index (χ0) is 13.5. The molecule has 0 fully saturated rings. The van der Waals surface area contributed by atoms with Crippen LogP contribution in [0.25, 0.3) is 0 Å². The number of carbonyl (C=O) groups is 1. The first kappa shape index (κ1) is 15.1. The number of ether oxygens (including phenoxy) is 1. The molecule has 0 N–H and O–H groups in total. The molecule has 18 heavy (non-hydrogen) atoms. The van der Waals surface area contributed by atoms with E-state index in [0.29, 0.717) is 19.5 Å². The van der Waals surface area contributed by atoms with Gasteiger partial charge in [0.15, 0.2) is 0 Å². The van der Waals surface area contributed by atoms with E-state index in [1.54, 1.807) is 6.07 Å². The Hall–Kier alpha value is -0.940. The molecule has 0 unspecified atom stereocenters. The molecule has 5 heteroatoms. The molecular weight excluding hydrogens is 301 g/mol. The standard InChI is InChI=1S/C13H17BrFNO2/c1-3-16(7-6-13(17)18-2)9-10-4-5-11(15)8-12(10)14/h4-5,8H,3,6-7,9H2,1-2H3. The van der Waals surface area contributed by atoms with Gasteiger partial charge in [-0.3, -0.25) is 9.69 Å². The second kappa shape index (κ2) is 7.48. The van der Waals surface area contributed by atoms with Crippen molar-refractivity contribution in [2.24, 2.45) is 0 Å². The maximum atomic E-state index is 13.0. The molecule has 1 aromatic rings. The van der Waals surface area contributed by atoms with Crippen molar-refractivity contribution in [1.82, 2.24) is 4.90 Å². The fourth-order valence-electron chi connectivity index (χ4n) is 1.59. The molecule has 0 aliphatic heterocycles. The molecule has 1 rings (SSSR count). The Labute approximate surface area is 115 Å². The molecule has 100 valence electrons. The van der Waals surface area contributed by atoms with E-state index in [4.69, 9.17) is 0 Å². The fraction of sp³-hybridized carbons (Fsp3) is 0.462. The van der Waals surface area contributed by atoms with Crippen LogP contribution in [0, 0.1) is 5.82 Å². The van der Waals surface area contributed by atoms with Crippen LogP contribution in [0.2, 0.25) is 0 Å². The highest BCUT2D eigenvalue weighted by Crippen LogP contribution is 2.19. The summed E-state index contributed by atoms with van der Waals surface area (Å²) >= 11 is 3.34. The summed E-state index contributed by atoms with van der Waals surface area (Å²) in [6.45, 7) is 4.15. The maximum absolute atomic E-state index is 13.0. The lowest BCUT2D eigenvalue weighted by atomic mass is 10.2. The molecule has 0 amide bonds. The molecule has 0 spiro atoms. The monoisotopic (exact) mass is 317 g/mol. The van der Waals surface area contributed by atoms with Gasteiger partial charge in [0.2, 0.25) is 0 Å². The van der Waals surface area contributed by atoms with Crippen molar-refractivity contribution in [2.75, 3.05) is 20.2 Å². The highest BCUT2D eigenvalue weighted by molar-refractivity contribution is 9.10. The smallest absolute Gasteiger partial charge is 0.306 e. The number of halogens is 2. The number of esters is 1. The summed E-state index contributed by atoms with van der Waals surface area (Å²) in [6, 6.07) is 4.64. The largest absolute Gasteiger partial charge is 0.469 e. The molecule has 0 radical (unpaired) electrons. The van der Waals surface area contributed by atoms with Gasteiger partial charge in [-0.25, -0.2) is 4.39 Å². The van der Waals surface area contributed by atoms with Crippen molar-refractivity contribution in [2.45, 2.75) is 19.9 Å². The number of hydrogen-bond acceptors (Lipinski definition) is 3. The molecule has 0 aromatic heterocycles. The van der Waals surface area contributed by atoms with Gasteiger partial charge in [0.1, 0.15) is 5.82 Å². The number of benzene rings is 1. The first-order valence-corrected chi connectivity index (χ1v) is 6.59. The Morgan fingerprint density at radius 1 is 1.50 bits per heavy atom. The summed E-state index contributed by atoms with van der Waals surface area (Å²) in [5, 5.41) is 0. The second-order valence-electron chi connectivity index (χ2n) is 3.93. The molecule has 0 atom stereocenters. The van der Waals surface area contributed by atoms with Gasteiger partial charge in [-0.1, -0.05) is 28.9 Å². The highest BCUT2D eigenvalue weighted by Gasteiger charge is 2.09. The Bertz CT molecular complexity index is 412. The number of methoxy groups -OCH3 is 1. The highest BCUT2D eigenvalue weighted by atomic mass is 79.9. The summed E-state index contributed by atoms with van der Waals surface area (Å²) in [4.78, 5) is 13.2. The number of carbonyl (C=O) groups excluding carboxylic acids is 1. The first-order valence-electron chi connectivity index (χ1n) is 5.80. The zero-order valence-corrected chi connectivity index (χ0v) is 12.2. The van der Waals surface area contributed by atoms with Crippen LogP contribution in [0.3, 0.4) is 0 Å². The zero-order valence-electron chi connectivity index (χ0n) is 10.6. The fourth-order valence-corrected chi connectivity index (χ4v) is 2.07. The Balaban J connectivity index is 2.59. The first-order chi connectivity index (χ1) is 8.56. The summed E-state index contributed by atoms with van der Waals surface area (Å²) in [7, 11) is 1.38. The third-order valence-electron chi connectivity index (χ3n) is 2.72. The molecule has 0 heterocycles. The van der Waals surface area contributed by atoms with Crippen LogP contribution in [0.1, 0.15) is 18.9 Å². The van der Waals surface area contributed by atoms with E-state index in [2.05, 4.69) is 25.6 Å². The van der Waals surface area contributed by atoms with Gasteiger partial charge in [0.05, 0.1) is 13.5 Å². The van der Waals surface area contributed by atoms with Crippen LogP contribution in [-0.2, 0) is 16.1 Å². The van der Waals surface area contributed by atoms with E-state index in [0.717, 1.165) is 16.6 Å². The Kier molecular flexibility index (Phi) is 6.29. The normalized spacial score (nSPS) is 10.7. The lowest BCUT2D eigenvalue weighted by Crippen LogP contribution is -2.26. The van der Waals surface area contributed by atoms with Crippen LogP contribution < -0.4 is 0 Å². The number of nitrogens with zero attached hydrogens (tertiary/aromatic N) is 1. The Morgan fingerprint density at radius 2 is 2.22 bits per heavy atom. The molecule has 0 saturated heterocycles. The van der Waals surface area contributed by atoms with Gasteiger partial charge in [-0.15, -0.1) is 0 Å². The average molecular weight is 318 g/mol. The van der Waals surface area contributed by atoms with Gasteiger partial charge in [-0.05, 0) is 24.2 Å². The minimum absolute atomic E-state index is 0.216. The molecule has 0 aliphatic rings. The minimum Gasteiger partial charge on any atom is -0.469 e. The van der Waals surface area contributed by atoms with E-state index in [-0.39, 0.29) is 11.8 Å². The van der Waals surface area contributed by atoms with Crippen molar-refractivity contribution >= 4 is 21.9 Å². The van der Waals surface area contributed by atoms with Crippen LogP contribution in [0.15, 0.2) is 22.7 Å². The lowest BCUT2D eigenvalue weighted by Gasteiger charge is -2.20. The number of rotatable bonds is 6. The van der Waals surface area contributed by atoms with Crippen LogP contribution in [0.5, 0.6) is 0 Å². The Morgan fingerprint density at radius 3 is 2.78 bits per heavy atom. The number of hydrogen-bond donors (Lipinski definition) is 0. The van der Waals surface area contributed by atoms with Crippen LogP contribution in [-0.4, -0.2) is 31.1 Å². The van der Waals surface area contributed by atoms with Crippen molar-refractivity contribution in [3.8, 4) is 0 Å². The van der Waals surface area contributed by atoms with E-state index in [9.17, 15) is 9.18 Å². The van der Waals surface area contributed by atoms with Crippen LogP contribution >= 0.6 is 15.9 Å². The quantitative estimate of drug-likeness (QED) is 0.755. The predicted octanol–water partition coefficient (Wildman–Crippen LogP) is 2.97. The van der Waals surface area contributed by atoms with E-state index in [1.165, 1.54) is 19.2 Å². The molecule has 1 aromatic carbocycles. The van der Waals surface area contributed by atoms with E-state index < -0.39 is 0 Å². The second-order valence-corrected chi connectivity index (χ2v) is 4.78. The maximum Gasteiger partial charge on any atom is 0.306 e. The van der Waals surface area contributed by atoms with Gasteiger partial charge >= 0.3 is 5.97 Å². The SMILES string of the molecule is CCN(CCC(=O)OC)Cc1ccc(F)cc1Br. The van der Waals surface area contributed by atoms with Crippen molar-refractivity contribution in [3.05, 3.63) is 34.1 Å². The van der Waals surface area contributed by atoms with Crippen LogP contribution in [0.4, 0.5) is 4.39 Å².